The SMILES string of the molecule is O=S(=O)(O)c1ccc2c(c1)C1=NC2=NC2=NC(=NC3=NC(=NC4=NC(=N1)c1cc(S(=O)(=O)O)ccc14)c1ccc(S(=O)(=O)O)cc13)c1cc(S(=O)(=O)O)ccc12.[99Tc]. The first kappa shape index (κ1) is 38.4. The quantitative estimate of drug-likeness (QED) is 0.213. The summed E-state index contributed by atoms with van der Waals surface area (Å²) >= 11 is 0. The number of amidine groups is 8. The molecule has 57 heavy (non-hydrogen) atoms. The summed E-state index contributed by atoms with van der Waals surface area (Å²) in [6, 6.07) is 13.7. The van der Waals surface area contributed by atoms with Gasteiger partial charge >= 0.3 is 0 Å². The summed E-state index contributed by atoms with van der Waals surface area (Å²) in [5, 5.41) is 0. The first-order chi connectivity index (χ1) is 26.2. The summed E-state index contributed by atoms with van der Waals surface area (Å²) in [7, 11) is -19.0. The first-order valence-electron chi connectivity index (χ1n) is 15.4. The average molecular weight is 932 g/mol. The van der Waals surface area contributed by atoms with Crippen molar-refractivity contribution in [1.29, 1.82) is 0 Å². The molecule has 1 radical (unpaired) electrons. The van der Waals surface area contributed by atoms with Gasteiger partial charge in [-0.1, -0.05) is 0 Å². The van der Waals surface area contributed by atoms with Crippen LogP contribution in [0.5, 0.6) is 0 Å². The molecule has 287 valence electrons. The van der Waals surface area contributed by atoms with E-state index in [4.69, 9.17) is 0 Å². The minimum atomic E-state index is -4.75. The summed E-state index contributed by atoms with van der Waals surface area (Å²) in [6.07, 6.45) is 0. The topological polar surface area (TPSA) is 316 Å². The summed E-state index contributed by atoms with van der Waals surface area (Å²) in [5.41, 5.74) is 0.817. The van der Waals surface area contributed by atoms with E-state index in [9.17, 15) is 51.9 Å². The second-order valence-electron chi connectivity index (χ2n) is 12.2. The summed E-state index contributed by atoms with van der Waals surface area (Å²) in [4.78, 5) is 34.1. The number of rotatable bonds is 4. The molecule has 5 aliphatic heterocycles. The van der Waals surface area contributed by atoms with Crippen molar-refractivity contribution < 1.29 is 72.0 Å². The van der Waals surface area contributed by atoms with Gasteiger partial charge in [-0.05, 0) is 72.8 Å². The Morgan fingerprint density at radius 3 is 0.596 bits per heavy atom. The van der Waals surface area contributed by atoms with E-state index in [1.807, 2.05) is 0 Å². The second kappa shape index (κ2) is 12.8. The minimum absolute atomic E-state index is 0. The van der Waals surface area contributed by atoms with E-state index in [-0.39, 0.29) is 111 Å². The van der Waals surface area contributed by atoms with Gasteiger partial charge in [0, 0.05) is 64.6 Å². The summed E-state index contributed by atoms with van der Waals surface area (Å²) in [5.74, 6) is -1.33. The van der Waals surface area contributed by atoms with Crippen LogP contribution in [0.2, 0.25) is 0 Å². The molecule has 4 N–H and O–H groups in total. The van der Waals surface area contributed by atoms with E-state index < -0.39 is 60.1 Å². The molecule has 20 nitrogen and oxygen atoms in total. The van der Waals surface area contributed by atoms with Gasteiger partial charge in [-0.2, -0.15) is 33.7 Å². The molecule has 4 aromatic rings. The maximum atomic E-state index is 12.2. The van der Waals surface area contributed by atoms with Crippen LogP contribution in [0.1, 0.15) is 44.5 Å². The standard InChI is InChI=1S/C32H16N8O12S4.Tc/c41-53(42,43)13-1-5-17-21(9-13)29-35-25(17)33-26-18-6-2-14(54(44,45)46)10-22(18)31(36-26)40-32-24-12-16(56(50,51)52)4-8-20(24)28(38-32)34-27-19-7-3-15(55(47,48)49)11-23(19)30(37-27)39-29;/h1-12H,(H,41,42,43)(H,44,45,46)(H,47,48,49)(H,50,51,52);/i;1+1. The van der Waals surface area contributed by atoms with E-state index in [0.29, 0.717) is 0 Å². The van der Waals surface area contributed by atoms with Gasteiger partial charge < -0.3 is 0 Å². The van der Waals surface area contributed by atoms with Gasteiger partial charge in [0.1, 0.15) is 0 Å². The van der Waals surface area contributed by atoms with E-state index in [1.165, 1.54) is 24.3 Å². The van der Waals surface area contributed by atoms with Crippen molar-refractivity contribution in [2.45, 2.75) is 19.6 Å². The van der Waals surface area contributed by atoms with Gasteiger partial charge in [0.2, 0.25) is 0 Å². The van der Waals surface area contributed by atoms with Gasteiger partial charge in [0.15, 0.2) is 46.7 Å². The third-order valence-electron chi connectivity index (χ3n) is 8.78. The number of benzene rings is 4. The molecular weight excluding hydrogens is 916 g/mol. The van der Waals surface area contributed by atoms with E-state index in [0.717, 1.165) is 48.5 Å². The van der Waals surface area contributed by atoms with Crippen molar-refractivity contribution >= 4 is 87.2 Å². The third kappa shape index (κ3) is 6.58. The zero-order valence-corrected chi connectivity index (χ0v) is 32.7. The molecule has 9 rings (SSSR count). The smallest absolute Gasteiger partial charge is 0.282 e. The third-order valence-corrected chi connectivity index (χ3v) is 12.2. The van der Waals surface area contributed by atoms with E-state index >= 15 is 0 Å². The van der Waals surface area contributed by atoms with Crippen LogP contribution in [0, 0.1) is 0 Å². The molecule has 5 aliphatic rings. The van der Waals surface area contributed by atoms with E-state index in [2.05, 4.69) is 39.9 Å². The number of hydrogen-bond acceptors (Lipinski definition) is 16. The predicted octanol–water partition coefficient (Wildman–Crippen LogP) is 1.81. The maximum absolute atomic E-state index is 12.2. The second-order valence-corrected chi connectivity index (χ2v) is 17.9. The molecule has 0 aliphatic carbocycles. The first-order valence-corrected chi connectivity index (χ1v) is 21.2. The Morgan fingerprint density at radius 1 is 0.281 bits per heavy atom. The fourth-order valence-electron chi connectivity index (χ4n) is 6.22. The van der Waals surface area contributed by atoms with Crippen LogP contribution in [-0.2, 0) is 60.6 Å². The van der Waals surface area contributed by atoms with Crippen LogP contribution in [0.3, 0.4) is 0 Å². The van der Waals surface area contributed by atoms with Crippen LogP contribution in [0.15, 0.2) is 132 Å². The predicted molar refractivity (Wildman–Crippen MR) is 197 cm³/mol. The molecule has 0 saturated carbocycles. The molecular formula is C32H16N8O12S4Tc. The molecule has 5 heterocycles. The van der Waals surface area contributed by atoms with Gasteiger partial charge in [0.25, 0.3) is 40.5 Å². The van der Waals surface area contributed by atoms with Crippen molar-refractivity contribution in [1.82, 2.24) is 0 Å². The van der Waals surface area contributed by atoms with Crippen molar-refractivity contribution in [2.24, 2.45) is 39.9 Å². The van der Waals surface area contributed by atoms with Crippen LogP contribution in [0.25, 0.3) is 0 Å². The van der Waals surface area contributed by atoms with Crippen LogP contribution < -0.4 is 0 Å². The van der Waals surface area contributed by atoms with Crippen molar-refractivity contribution in [2.75, 3.05) is 0 Å². The van der Waals surface area contributed by atoms with Crippen molar-refractivity contribution in [3.8, 4) is 0 Å². The monoisotopic (exact) mass is 931 g/mol. The molecule has 0 fully saturated rings. The molecule has 0 aromatic heterocycles. The molecule has 4 aromatic carbocycles. The number of nitrogens with zero attached hydrogens (tertiary/aromatic N) is 8. The van der Waals surface area contributed by atoms with Crippen molar-refractivity contribution in [3.63, 3.8) is 0 Å². The molecule has 8 bridgehead atoms. The fourth-order valence-corrected chi connectivity index (χ4v) is 8.25. The van der Waals surface area contributed by atoms with Gasteiger partial charge in [0.05, 0.1) is 19.6 Å². The van der Waals surface area contributed by atoms with Crippen molar-refractivity contribution in [3.05, 3.63) is 117 Å². The van der Waals surface area contributed by atoms with Gasteiger partial charge in [-0.3, -0.25) is 18.2 Å². The molecule has 0 unspecified atom stereocenters. The fraction of sp³-hybridized carbons (Fsp3) is 0. The maximum Gasteiger partial charge on any atom is 0.294 e. The number of fused-ring (bicyclic) bond motifs is 16. The average Bonchev–Trinajstić information content (AvgIpc) is 3.84. The molecule has 0 saturated heterocycles. The minimum Gasteiger partial charge on any atom is -0.282 e. The normalized spacial score (nSPS) is 16.6. The summed E-state index contributed by atoms with van der Waals surface area (Å²) in [6.45, 7) is 0. The molecule has 0 amide bonds. The Labute approximate surface area is 334 Å². The number of hydrogen-bond donors (Lipinski definition) is 4. The molecule has 25 heteroatoms. The zero-order valence-electron chi connectivity index (χ0n) is 27.6. The molecule has 0 atom stereocenters. The summed E-state index contributed by atoms with van der Waals surface area (Å²) < 4.78 is 137. The Balaban J connectivity index is 0.00000455. The zero-order chi connectivity index (χ0) is 39.7. The van der Waals surface area contributed by atoms with Crippen LogP contribution in [-0.4, -0.2) is 98.6 Å². The largest absolute Gasteiger partial charge is 0.294 e. The Morgan fingerprint density at radius 2 is 0.439 bits per heavy atom. The van der Waals surface area contributed by atoms with Gasteiger partial charge in [-0.25, -0.2) is 39.9 Å². The van der Waals surface area contributed by atoms with Crippen LogP contribution >= 0.6 is 0 Å². The van der Waals surface area contributed by atoms with Gasteiger partial charge in [-0.15, -0.1) is 0 Å². The Bertz CT molecular complexity index is 3130. The number of aliphatic imine (C=N–C) groups is 8. The Hall–Kier alpha value is -5.47. The van der Waals surface area contributed by atoms with Crippen LogP contribution in [0.4, 0.5) is 0 Å². The molecule has 0 spiro atoms. The van der Waals surface area contributed by atoms with E-state index in [1.54, 1.807) is 0 Å². The Kier molecular flexibility index (Phi) is 8.60.